The molecule has 0 atom stereocenters. The fourth-order valence-electron chi connectivity index (χ4n) is 4.04. The second-order valence-corrected chi connectivity index (χ2v) is 7.87. The molecule has 1 amide bonds. The second-order valence-electron chi connectivity index (χ2n) is 7.87. The van der Waals surface area contributed by atoms with Crippen molar-refractivity contribution in [2.24, 2.45) is 5.92 Å². The summed E-state index contributed by atoms with van der Waals surface area (Å²) >= 11 is 0. The van der Waals surface area contributed by atoms with E-state index in [4.69, 9.17) is 4.74 Å². The topological polar surface area (TPSA) is 42.4 Å². The monoisotopic (exact) mass is 388 g/mol. The fraction of sp³-hybridized carbons (Fsp3) is 0.360. The van der Waals surface area contributed by atoms with E-state index in [1.165, 1.54) is 22.9 Å². The normalized spacial score (nSPS) is 14.9. The SMILES string of the molecule is CCC1CCN(C(=O)OCc2ccc(Cc3ccnc4ccccc34)cc2)CC1. The summed E-state index contributed by atoms with van der Waals surface area (Å²) in [6.07, 6.45) is 5.91. The Morgan fingerprint density at radius 2 is 1.76 bits per heavy atom. The lowest BCUT2D eigenvalue weighted by atomic mass is 9.95. The van der Waals surface area contributed by atoms with Gasteiger partial charge in [-0.2, -0.15) is 0 Å². The van der Waals surface area contributed by atoms with Gasteiger partial charge in [0.1, 0.15) is 6.61 Å². The molecule has 29 heavy (non-hydrogen) atoms. The first-order valence-electron chi connectivity index (χ1n) is 10.5. The lowest BCUT2D eigenvalue weighted by Gasteiger charge is -2.30. The van der Waals surface area contributed by atoms with Crippen LogP contribution in [-0.2, 0) is 17.8 Å². The Hall–Kier alpha value is -2.88. The van der Waals surface area contributed by atoms with Gasteiger partial charge in [-0.15, -0.1) is 0 Å². The molecule has 4 rings (SSSR count). The Bertz CT molecular complexity index is 955. The number of para-hydroxylation sites is 1. The van der Waals surface area contributed by atoms with Crippen LogP contribution in [0, 0.1) is 5.92 Å². The Morgan fingerprint density at radius 1 is 1.03 bits per heavy atom. The summed E-state index contributed by atoms with van der Waals surface area (Å²) in [6, 6.07) is 18.6. The van der Waals surface area contributed by atoms with E-state index in [0.717, 1.165) is 49.4 Å². The van der Waals surface area contributed by atoms with Gasteiger partial charge >= 0.3 is 6.09 Å². The van der Waals surface area contributed by atoms with Crippen LogP contribution in [0.15, 0.2) is 60.8 Å². The molecule has 1 aromatic heterocycles. The first kappa shape index (κ1) is 19.4. The molecule has 0 radical (unpaired) electrons. The summed E-state index contributed by atoms with van der Waals surface area (Å²) in [6.45, 7) is 4.18. The third-order valence-electron chi connectivity index (χ3n) is 5.97. The van der Waals surface area contributed by atoms with Crippen molar-refractivity contribution in [2.75, 3.05) is 13.1 Å². The summed E-state index contributed by atoms with van der Waals surface area (Å²) in [5, 5.41) is 1.19. The van der Waals surface area contributed by atoms with Gasteiger partial charge in [-0.25, -0.2) is 4.79 Å². The van der Waals surface area contributed by atoms with Gasteiger partial charge in [0, 0.05) is 24.7 Å². The van der Waals surface area contributed by atoms with Crippen LogP contribution >= 0.6 is 0 Å². The van der Waals surface area contributed by atoms with Crippen molar-refractivity contribution in [2.45, 2.75) is 39.2 Å². The number of hydrogen-bond acceptors (Lipinski definition) is 3. The first-order chi connectivity index (χ1) is 14.2. The zero-order valence-electron chi connectivity index (χ0n) is 17.0. The quantitative estimate of drug-likeness (QED) is 0.573. The molecule has 1 aliphatic rings. The number of benzene rings is 2. The van der Waals surface area contributed by atoms with Crippen LogP contribution in [0.4, 0.5) is 4.79 Å². The number of rotatable bonds is 5. The van der Waals surface area contributed by atoms with Crippen molar-refractivity contribution in [3.8, 4) is 0 Å². The standard InChI is InChI=1S/C25H28N2O2/c1-2-19-12-15-27(16-13-19)25(28)29-18-21-9-7-20(8-10-21)17-22-11-14-26-24-6-4-3-5-23(22)24/h3-11,14,19H,2,12-13,15-18H2,1H3. The van der Waals surface area contributed by atoms with Gasteiger partial charge in [-0.05, 0) is 54.0 Å². The van der Waals surface area contributed by atoms with E-state index in [9.17, 15) is 4.79 Å². The highest BCUT2D eigenvalue weighted by Gasteiger charge is 2.22. The number of likely N-dealkylation sites (tertiary alicyclic amines) is 1. The minimum absolute atomic E-state index is 0.188. The molecule has 2 aromatic carbocycles. The Labute approximate surface area is 172 Å². The zero-order chi connectivity index (χ0) is 20.1. The van der Waals surface area contributed by atoms with Crippen LogP contribution < -0.4 is 0 Å². The van der Waals surface area contributed by atoms with E-state index >= 15 is 0 Å². The molecule has 0 bridgehead atoms. The Balaban J connectivity index is 1.33. The van der Waals surface area contributed by atoms with Crippen molar-refractivity contribution in [1.29, 1.82) is 0 Å². The highest BCUT2D eigenvalue weighted by molar-refractivity contribution is 5.82. The summed E-state index contributed by atoms with van der Waals surface area (Å²) in [7, 11) is 0. The molecule has 1 aliphatic heterocycles. The summed E-state index contributed by atoms with van der Waals surface area (Å²) in [5.74, 6) is 0.754. The molecule has 150 valence electrons. The number of carbonyl (C=O) groups excluding carboxylic acids is 1. The van der Waals surface area contributed by atoms with Crippen molar-refractivity contribution in [3.63, 3.8) is 0 Å². The minimum atomic E-state index is -0.188. The van der Waals surface area contributed by atoms with Crippen LogP contribution in [-0.4, -0.2) is 29.1 Å². The molecule has 0 unspecified atom stereocenters. The Kier molecular flexibility index (Phi) is 6.09. The van der Waals surface area contributed by atoms with E-state index in [1.54, 1.807) is 0 Å². The first-order valence-corrected chi connectivity index (χ1v) is 10.5. The second kappa shape index (κ2) is 9.08. The van der Waals surface area contributed by atoms with Crippen LogP contribution in [0.1, 0.15) is 42.9 Å². The van der Waals surface area contributed by atoms with Crippen LogP contribution in [0.3, 0.4) is 0 Å². The molecule has 4 nitrogen and oxygen atoms in total. The highest BCUT2D eigenvalue weighted by atomic mass is 16.6. The summed E-state index contributed by atoms with van der Waals surface area (Å²) in [4.78, 5) is 18.6. The third kappa shape index (κ3) is 4.76. The molecule has 1 saturated heterocycles. The molecule has 0 spiro atoms. The maximum atomic E-state index is 12.3. The zero-order valence-corrected chi connectivity index (χ0v) is 17.0. The largest absolute Gasteiger partial charge is 0.445 e. The molecule has 2 heterocycles. The molecular weight excluding hydrogens is 360 g/mol. The predicted molar refractivity (Wildman–Crippen MR) is 116 cm³/mol. The van der Waals surface area contributed by atoms with E-state index in [-0.39, 0.29) is 6.09 Å². The van der Waals surface area contributed by atoms with Gasteiger partial charge in [0.05, 0.1) is 5.52 Å². The van der Waals surface area contributed by atoms with Crippen LogP contribution in [0.5, 0.6) is 0 Å². The van der Waals surface area contributed by atoms with Gasteiger partial charge < -0.3 is 9.64 Å². The average molecular weight is 389 g/mol. The molecule has 0 saturated carbocycles. The van der Waals surface area contributed by atoms with Crippen molar-refractivity contribution < 1.29 is 9.53 Å². The molecule has 1 fully saturated rings. The number of amides is 1. The maximum absolute atomic E-state index is 12.3. The van der Waals surface area contributed by atoms with Crippen LogP contribution in [0.2, 0.25) is 0 Å². The van der Waals surface area contributed by atoms with Gasteiger partial charge in [0.25, 0.3) is 0 Å². The fourth-order valence-corrected chi connectivity index (χ4v) is 4.04. The molecule has 3 aromatic rings. The van der Waals surface area contributed by atoms with E-state index in [0.29, 0.717) is 6.61 Å². The number of aromatic nitrogens is 1. The van der Waals surface area contributed by atoms with E-state index < -0.39 is 0 Å². The molecule has 4 heteroatoms. The number of nitrogens with zero attached hydrogens (tertiary/aromatic N) is 2. The van der Waals surface area contributed by atoms with Crippen molar-refractivity contribution in [3.05, 3.63) is 77.5 Å². The smallest absolute Gasteiger partial charge is 0.410 e. The average Bonchev–Trinajstić information content (AvgIpc) is 2.79. The van der Waals surface area contributed by atoms with Crippen LogP contribution in [0.25, 0.3) is 10.9 Å². The predicted octanol–water partition coefficient (Wildman–Crippen LogP) is 5.58. The van der Waals surface area contributed by atoms with Crippen molar-refractivity contribution >= 4 is 17.0 Å². The number of ether oxygens (including phenoxy) is 1. The highest BCUT2D eigenvalue weighted by Crippen LogP contribution is 2.22. The number of hydrogen-bond donors (Lipinski definition) is 0. The number of pyridine rings is 1. The summed E-state index contributed by atoms with van der Waals surface area (Å²) in [5.41, 5.74) is 4.55. The molecule has 0 aliphatic carbocycles. The van der Waals surface area contributed by atoms with Gasteiger partial charge in [-0.1, -0.05) is 55.8 Å². The van der Waals surface area contributed by atoms with E-state index in [1.807, 2.05) is 23.2 Å². The van der Waals surface area contributed by atoms with Gasteiger partial charge in [-0.3, -0.25) is 4.98 Å². The van der Waals surface area contributed by atoms with E-state index in [2.05, 4.69) is 54.4 Å². The number of fused-ring (bicyclic) bond motifs is 1. The molecule has 0 N–H and O–H groups in total. The summed E-state index contributed by atoms with van der Waals surface area (Å²) < 4.78 is 5.53. The lowest BCUT2D eigenvalue weighted by Crippen LogP contribution is -2.38. The number of carbonyl (C=O) groups is 1. The van der Waals surface area contributed by atoms with Gasteiger partial charge in [0.2, 0.25) is 0 Å². The third-order valence-corrected chi connectivity index (χ3v) is 5.97. The number of piperidine rings is 1. The molecular formula is C25H28N2O2. The maximum Gasteiger partial charge on any atom is 0.410 e. The lowest BCUT2D eigenvalue weighted by molar-refractivity contribution is 0.0819. The minimum Gasteiger partial charge on any atom is -0.445 e. The van der Waals surface area contributed by atoms with Crippen molar-refractivity contribution in [1.82, 2.24) is 9.88 Å². The Morgan fingerprint density at radius 3 is 2.52 bits per heavy atom. The van der Waals surface area contributed by atoms with Gasteiger partial charge in [0.15, 0.2) is 0 Å².